The zero-order chi connectivity index (χ0) is 14.5. The van der Waals surface area contributed by atoms with Gasteiger partial charge >= 0.3 is 0 Å². The van der Waals surface area contributed by atoms with Crippen LogP contribution in [0, 0.1) is 23.2 Å². The Morgan fingerprint density at radius 2 is 1.57 bits per heavy atom. The molecule has 0 aromatic rings. The summed E-state index contributed by atoms with van der Waals surface area (Å²) in [6.07, 6.45) is 5.58. The molecular weight excluding hydrogens is 274 g/mol. The van der Waals surface area contributed by atoms with Crippen molar-refractivity contribution in [3.05, 3.63) is 0 Å². The summed E-state index contributed by atoms with van der Waals surface area (Å²) in [5.41, 5.74) is -2.29. The Hall–Kier alpha value is -0.510. The Labute approximate surface area is 123 Å². The second kappa shape index (κ2) is 3.69. The van der Waals surface area contributed by atoms with Gasteiger partial charge in [0.1, 0.15) is 11.4 Å². The molecular formula is C17H22F2O2. The van der Waals surface area contributed by atoms with Crippen LogP contribution >= 0.6 is 0 Å². The van der Waals surface area contributed by atoms with Crippen LogP contribution in [0.3, 0.4) is 0 Å². The number of alkyl halides is 2. The first kappa shape index (κ1) is 13.0. The van der Waals surface area contributed by atoms with E-state index in [2.05, 4.69) is 0 Å². The van der Waals surface area contributed by atoms with Crippen LogP contribution in [0.4, 0.5) is 8.78 Å². The van der Waals surface area contributed by atoms with Crippen LogP contribution < -0.4 is 0 Å². The van der Waals surface area contributed by atoms with Crippen LogP contribution in [0.5, 0.6) is 0 Å². The standard InChI is InChI=1S/C17H22F2O2/c18-14(19)17(16(21-17)1-2-16)9-13(20)15-6-10-3-11(7-15)5-12(4-10)8-15/h10-12,14H,1-9H2. The minimum absolute atomic E-state index is 0.0309. The smallest absolute Gasteiger partial charge is 0.270 e. The number of ether oxygens (including phenoxy) is 1. The first-order valence-electron chi connectivity index (χ1n) is 8.49. The Kier molecular flexibility index (Phi) is 2.28. The number of epoxide rings is 1. The van der Waals surface area contributed by atoms with Crippen LogP contribution in [-0.4, -0.2) is 23.4 Å². The van der Waals surface area contributed by atoms with Crippen LogP contribution in [0.1, 0.15) is 57.8 Å². The maximum Gasteiger partial charge on any atom is 0.270 e. The summed E-state index contributed by atoms with van der Waals surface area (Å²) >= 11 is 0. The van der Waals surface area contributed by atoms with Crippen molar-refractivity contribution in [3.63, 3.8) is 0 Å². The maximum absolute atomic E-state index is 13.5. The van der Waals surface area contributed by atoms with Crippen LogP contribution in [-0.2, 0) is 9.53 Å². The van der Waals surface area contributed by atoms with E-state index < -0.39 is 17.6 Å². The number of hydrogen-bond donors (Lipinski definition) is 0. The summed E-state index contributed by atoms with van der Waals surface area (Å²) < 4.78 is 32.4. The lowest BCUT2D eigenvalue weighted by molar-refractivity contribution is -0.146. The topological polar surface area (TPSA) is 29.6 Å². The third-order valence-electron chi connectivity index (χ3n) is 7.22. The van der Waals surface area contributed by atoms with Crippen molar-refractivity contribution in [2.24, 2.45) is 23.2 Å². The summed E-state index contributed by atoms with van der Waals surface area (Å²) in [7, 11) is 0. The predicted octanol–water partition coefficient (Wildman–Crippen LogP) is 3.73. The van der Waals surface area contributed by atoms with Gasteiger partial charge in [-0.15, -0.1) is 0 Å². The molecule has 6 fully saturated rings. The second-order valence-electron chi connectivity index (χ2n) is 8.58. The van der Waals surface area contributed by atoms with Gasteiger partial charge in [0.15, 0.2) is 5.60 Å². The number of Topliss-reactive ketones (excluding diaryl/α,β-unsaturated/α-hetero) is 1. The van der Waals surface area contributed by atoms with Crippen molar-refractivity contribution < 1.29 is 18.3 Å². The molecule has 1 aliphatic heterocycles. The third kappa shape index (κ3) is 1.58. The van der Waals surface area contributed by atoms with Crippen molar-refractivity contribution in [1.82, 2.24) is 0 Å². The summed E-state index contributed by atoms with van der Waals surface area (Å²) in [6, 6.07) is 0. The van der Waals surface area contributed by atoms with Crippen molar-refractivity contribution in [2.45, 2.75) is 75.4 Å². The molecule has 6 rings (SSSR count). The molecule has 21 heavy (non-hydrogen) atoms. The average Bonchev–Trinajstić information content (AvgIpc) is 3.28. The van der Waals surface area contributed by atoms with Crippen LogP contribution in [0.15, 0.2) is 0 Å². The normalized spacial score (nSPS) is 51.7. The van der Waals surface area contributed by atoms with Gasteiger partial charge in [-0.05, 0) is 69.1 Å². The summed E-state index contributed by atoms with van der Waals surface area (Å²) in [4.78, 5) is 13.0. The van der Waals surface area contributed by atoms with E-state index in [0.29, 0.717) is 30.6 Å². The lowest BCUT2D eigenvalue weighted by Crippen LogP contribution is -2.51. The largest absolute Gasteiger partial charge is 0.356 e. The Morgan fingerprint density at radius 3 is 1.95 bits per heavy atom. The number of halogens is 2. The number of carbonyl (C=O) groups is 1. The molecule has 4 heteroatoms. The Bertz CT molecular complexity index is 476. The Balaban J connectivity index is 1.40. The van der Waals surface area contributed by atoms with Gasteiger partial charge in [-0.1, -0.05) is 0 Å². The molecule has 1 heterocycles. The minimum Gasteiger partial charge on any atom is -0.356 e. The van der Waals surface area contributed by atoms with E-state index in [9.17, 15) is 13.6 Å². The molecule has 0 amide bonds. The molecule has 1 unspecified atom stereocenters. The van der Waals surface area contributed by atoms with E-state index in [0.717, 1.165) is 19.3 Å². The molecule has 1 saturated heterocycles. The fourth-order valence-electron chi connectivity index (χ4n) is 6.36. The van der Waals surface area contributed by atoms with Gasteiger partial charge in [0.25, 0.3) is 6.43 Å². The molecule has 0 N–H and O–H groups in total. The van der Waals surface area contributed by atoms with Crippen molar-refractivity contribution >= 4 is 5.78 Å². The van der Waals surface area contributed by atoms with Gasteiger partial charge in [0, 0.05) is 11.8 Å². The van der Waals surface area contributed by atoms with Gasteiger partial charge in [0.2, 0.25) is 0 Å². The molecule has 0 radical (unpaired) electrons. The molecule has 0 aromatic heterocycles. The molecule has 5 aliphatic carbocycles. The second-order valence-corrected chi connectivity index (χ2v) is 8.58. The molecule has 4 bridgehead atoms. The van der Waals surface area contributed by atoms with Gasteiger partial charge in [-0.3, -0.25) is 4.79 Å². The highest BCUT2D eigenvalue weighted by Crippen LogP contribution is 2.70. The van der Waals surface area contributed by atoms with E-state index in [1.54, 1.807) is 0 Å². The zero-order valence-corrected chi connectivity index (χ0v) is 12.2. The first-order chi connectivity index (χ1) is 9.97. The molecule has 0 aromatic carbocycles. The highest BCUT2D eigenvalue weighted by molar-refractivity contribution is 5.87. The van der Waals surface area contributed by atoms with E-state index in [-0.39, 0.29) is 17.6 Å². The number of ketones is 1. The summed E-state index contributed by atoms with van der Waals surface area (Å²) in [6.45, 7) is 0. The predicted molar refractivity (Wildman–Crippen MR) is 72.0 cm³/mol. The SMILES string of the molecule is O=C(CC1(C(F)F)OC12CC2)C12CC3CC(CC(C3)C1)C2. The lowest BCUT2D eigenvalue weighted by atomic mass is 9.48. The quantitative estimate of drug-likeness (QED) is 0.740. The molecule has 1 atom stereocenters. The monoisotopic (exact) mass is 296 g/mol. The summed E-state index contributed by atoms with van der Waals surface area (Å²) in [5, 5.41) is 0. The molecule has 116 valence electrons. The van der Waals surface area contributed by atoms with Gasteiger partial charge in [-0.25, -0.2) is 8.78 Å². The fourth-order valence-corrected chi connectivity index (χ4v) is 6.36. The Morgan fingerprint density at radius 1 is 1.05 bits per heavy atom. The van der Waals surface area contributed by atoms with Crippen LogP contribution in [0.2, 0.25) is 0 Å². The zero-order valence-electron chi connectivity index (χ0n) is 12.2. The molecule has 2 nitrogen and oxygen atoms in total. The summed E-state index contributed by atoms with van der Waals surface area (Å²) in [5.74, 6) is 2.14. The van der Waals surface area contributed by atoms with E-state index >= 15 is 0 Å². The lowest BCUT2D eigenvalue weighted by Gasteiger charge is -2.56. The number of rotatable bonds is 4. The average molecular weight is 296 g/mol. The van der Waals surface area contributed by atoms with Gasteiger partial charge < -0.3 is 4.74 Å². The third-order valence-corrected chi connectivity index (χ3v) is 7.22. The van der Waals surface area contributed by atoms with Crippen molar-refractivity contribution in [2.75, 3.05) is 0 Å². The first-order valence-corrected chi connectivity index (χ1v) is 8.49. The molecule has 1 spiro atoms. The number of carbonyl (C=O) groups excluding carboxylic acids is 1. The van der Waals surface area contributed by atoms with E-state index in [4.69, 9.17) is 4.74 Å². The maximum atomic E-state index is 13.5. The highest BCUT2D eigenvalue weighted by Gasteiger charge is 2.81. The van der Waals surface area contributed by atoms with E-state index in [1.807, 2.05) is 0 Å². The van der Waals surface area contributed by atoms with Crippen LogP contribution in [0.25, 0.3) is 0 Å². The van der Waals surface area contributed by atoms with Crippen molar-refractivity contribution in [3.8, 4) is 0 Å². The fraction of sp³-hybridized carbons (Fsp3) is 0.941. The van der Waals surface area contributed by atoms with Gasteiger partial charge in [0.05, 0.1) is 0 Å². The molecule has 6 aliphatic rings. The van der Waals surface area contributed by atoms with Gasteiger partial charge in [-0.2, -0.15) is 0 Å². The number of hydrogen-bond acceptors (Lipinski definition) is 2. The highest BCUT2D eigenvalue weighted by atomic mass is 19.3. The van der Waals surface area contributed by atoms with E-state index in [1.165, 1.54) is 19.3 Å². The molecule has 5 saturated carbocycles. The van der Waals surface area contributed by atoms with Crippen molar-refractivity contribution in [1.29, 1.82) is 0 Å². The minimum atomic E-state index is -2.52.